The predicted octanol–water partition coefficient (Wildman–Crippen LogP) is 4.25. The van der Waals surface area contributed by atoms with Crippen molar-refractivity contribution in [3.05, 3.63) is 54.0 Å². The molecule has 2 aromatic carbocycles. The van der Waals surface area contributed by atoms with E-state index in [0.717, 1.165) is 10.9 Å². The smallest absolute Gasteiger partial charge is 0.451 e. The Bertz CT molecular complexity index is 1340. The summed E-state index contributed by atoms with van der Waals surface area (Å²) in [5.41, 5.74) is 1.44. The molecule has 0 amide bonds. The van der Waals surface area contributed by atoms with Crippen LogP contribution in [0.15, 0.2) is 42.6 Å². The number of fused-ring (bicyclic) bond motifs is 2. The SMILES string of the molecule is COc1cc2nc(C(F)(F)F)nc(NC(Cc3c[nH]c4ccccc34)C(=O)O)c2cc1OC. The maximum absolute atomic E-state index is 13.5. The minimum absolute atomic E-state index is 0.000512. The number of carboxylic acid groups (broad SMARTS) is 1. The minimum Gasteiger partial charge on any atom is -0.493 e. The lowest BCUT2D eigenvalue weighted by molar-refractivity contribution is -0.144. The first-order valence-corrected chi connectivity index (χ1v) is 9.76. The number of carbonyl (C=O) groups is 1. The number of hydrogen-bond acceptors (Lipinski definition) is 6. The third kappa shape index (κ3) is 4.34. The lowest BCUT2D eigenvalue weighted by atomic mass is 10.0. The minimum atomic E-state index is -4.84. The molecule has 0 saturated heterocycles. The molecular weight excluding hydrogens is 441 g/mol. The summed E-state index contributed by atoms with van der Waals surface area (Å²) in [4.78, 5) is 22.3. The molecule has 4 aromatic rings. The molecule has 0 spiro atoms. The first kappa shape index (κ1) is 22.2. The topological polar surface area (TPSA) is 109 Å². The largest absolute Gasteiger partial charge is 0.493 e. The quantitative estimate of drug-likeness (QED) is 0.378. The highest BCUT2D eigenvalue weighted by Crippen LogP contribution is 2.37. The van der Waals surface area contributed by atoms with Crippen LogP contribution in [0.2, 0.25) is 0 Å². The number of nitrogens with one attached hydrogen (secondary N) is 2. The standard InChI is InChI=1S/C22H19F3N4O4/c1-32-17-8-13-15(9-18(17)33-2)28-21(22(23,24)25)29-19(13)27-16(20(30)31)7-11-10-26-14-6-4-3-5-12(11)14/h3-6,8-10,16,26H,7H2,1-2H3,(H,30,31)(H,27,28,29). The first-order chi connectivity index (χ1) is 15.7. The van der Waals surface area contributed by atoms with E-state index < -0.39 is 24.0 Å². The number of nitrogens with zero attached hydrogens (tertiary/aromatic N) is 2. The van der Waals surface area contributed by atoms with Gasteiger partial charge >= 0.3 is 12.1 Å². The molecule has 0 fully saturated rings. The molecule has 0 aliphatic carbocycles. The number of aliphatic carboxylic acids is 1. The maximum atomic E-state index is 13.5. The fraction of sp³-hybridized carbons (Fsp3) is 0.227. The van der Waals surface area contributed by atoms with Gasteiger partial charge in [0.15, 0.2) is 11.5 Å². The van der Waals surface area contributed by atoms with E-state index in [1.807, 2.05) is 24.3 Å². The highest BCUT2D eigenvalue weighted by atomic mass is 19.4. The average molecular weight is 460 g/mol. The summed E-state index contributed by atoms with van der Waals surface area (Å²) >= 11 is 0. The van der Waals surface area contributed by atoms with Gasteiger partial charge in [-0.2, -0.15) is 13.2 Å². The summed E-state index contributed by atoms with van der Waals surface area (Å²) in [7, 11) is 2.72. The van der Waals surface area contributed by atoms with E-state index in [2.05, 4.69) is 20.3 Å². The van der Waals surface area contributed by atoms with Crippen LogP contribution in [-0.4, -0.2) is 46.3 Å². The molecule has 0 radical (unpaired) electrons. The molecule has 0 aliphatic rings. The van der Waals surface area contributed by atoms with Gasteiger partial charge in [-0.15, -0.1) is 0 Å². The Labute approximate surface area is 185 Å². The normalized spacial score (nSPS) is 12.6. The van der Waals surface area contributed by atoms with E-state index in [9.17, 15) is 23.1 Å². The Hall–Kier alpha value is -4.02. The van der Waals surface area contributed by atoms with Gasteiger partial charge in [-0.1, -0.05) is 18.2 Å². The van der Waals surface area contributed by atoms with E-state index >= 15 is 0 Å². The van der Waals surface area contributed by atoms with E-state index in [1.54, 1.807) is 6.20 Å². The summed E-state index contributed by atoms with van der Waals surface area (Å²) in [6.45, 7) is 0. The monoisotopic (exact) mass is 460 g/mol. The molecule has 3 N–H and O–H groups in total. The number of methoxy groups -OCH3 is 2. The summed E-state index contributed by atoms with van der Waals surface area (Å²) < 4.78 is 50.8. The fourth-order valence-electron chi connectivity index (χ4n) is 3.58. The predicted molar refractivity (Wildman–Crippen MR) is 115 cm³/mol. The summed E-state index contributed by atoms with van der Waals surface area (Å²) in [5, 5.41) is 13.4. The molecule has 172 valence electrons. The summed E-state index contributed by atoms with van der Waals surface area (Å²) in [5.74, 6) is -2.51. The number of benzene rings is 2. The van der Waals surface area contributed by atoms with Crippen LogP contribution in [0.4, 0.5) is 19.0 Å². The fourth-order valence-corrected chi connectivity index (χ4v) is 3.58. The summed E-state index contributed by atoms with van der Waals surface area (Å²) in [6.07, 6.45) is -3.16. The number of ether oxygens (including phenoxy) is 2. The van der Waals surface area contributed by atoms with Crippen molar-refractivity contribution in [2.24, 2.45) is 0 Å². The molecule has 0 bridgehead atoms. The van der Waals surface area contributed by atoms with Gasteiger partial charge in [0.25, 0.3) is 0 Å². The molecule has 2 aromatic heterocycles. The molecule has 4 rings (SSSR count). The number of aromatic amines is 1. The molecule has 1 atom stereocenters. The van der Waals surface area contributed by atoms with Crippen LogP contribution in [0.3, 0.4) is 0 Å². The van der Waals surface area contributed by atoms with Crippen molar-refractivity contribution < 1.29 is 32.5 Å². The van der Waals surface area contributed by atoms with Crippen LogP contribution in [0, 0.1) is 0 Å². The van der Waals surface area contributed by atoms with Crippen molar-refractivity contribution in [1.29, 1.82) is 0 Å². The van der Waals surface area contributed by atoms with E-state index in [0.29, 0.717) is 5.56 Å². The number of anilines is 1. The lowest BCUT2D eigenvalue weighted by Gasteiger charge is -2.18. The van der Waals surface area contributed by atoms with Crippen molar-refractivity contribution >= 4 is 33.6 Å². The van der Waals surface area contributed by atoms with Gasteiger partial charge in [-0.3, -0.25) is 0 Å². The van der Waals surface area contributed by atoms with Crippen LogP contribution in [0.5, 0.6) is 11.5 Å². The maximum Gasteiger partial charge on any atom is 0.451 e. The van der Waals surface area contributed by atoms with E-state index in [-0.39, 0.29) is 34.6 Å². The van der Waals surface area contributed by atoms with Crippen molar-refractivity contribution in [3.8, 4) is 11.5 Å². The number of H-pyrrole nitrogens is 1. The second-order valence-electron chi connectivity index (χ2n) is 7.22. The Morgan fingerprint density at radius 1 is 1.12 bits per heavy atom. The second kappa shape index (κ2) is 8.49. The van der Waals surface area contributed by atoms with E-state index in [1.165, 1.54) is 26.4 Å². The molecule has 33 heavy (non-hydrogen) atoms. The van der Waals surface area contributed by atoms with Crippen LogP contribution in [-0.2, 0) is 17.4 Å². The lowest BCUT2D eigenvalue weighted by Crippen LogP contribution is -2.32. The van der Waals surface area contributed by atoms with Crippen molar-refractivity contribution in [2.45, 2.75) is 18.6 Å². The van der Waals surface area contributed by atoms with E-state index in [4.69, 9.17) is 9.47 Å². The van der Waals surface area contributed by atoms with Gasteiger partial charge in [0.05, 0.1) is 19.7 Å². The molecule has 8 nitrogen and oxygen atoms in total. The highest BCUT2D eigenvalue weighted by molar-refractivity contribution is 5.93. The number of alkyl halides is 3. The van der Waals surface area contributed by atoms with Crippen LogP contribution >= 0.6 is 0 Å². The number of aromatic nitrogens is 3. The van der Waals surface area contributed by atoms with Crippen LogP contribution < -0.4 is 14.8 Å². The number of halogens is 3. The van der Waals surface area contributed by atoms with Crippen molar-refractivity contribution in [1.82, 2.24) is 15.0 Å². The third-order valence-electron chi connectivity index (χ3n) is 5.16. The molecule has 0 aliphatic heterocycles. The van der Waals surface area contributed by atoms with Crippen LogP contribution in [0.25, 0.3) is 21.8 Å². The highest BCUT2D eigenvalue weighted by Gasteiger charge is 2.36. The molecular formula is C22H19F3N4O4. The number of carboxylic acids is 1. The Morgan fingerprint density at radius 3 is 2.48 bits per heavy atom. The molecule has 1 unspecified atom stereocenters. The van der Waals surface area contributed by atoms with Crippen LogP contribution in [0.1, 0.15) is 11.4 Å². The average Bonchev–Trinajstić information content (AvgIpc) is 3.19. The Kier molecular flexibility index (Phi) is 5.71. The zero-order chi connectivity index (χ0) is 23.8. The third-order valence-corrected chi connectivity index (χ3v) is 5.16. The van der Waals surface area contributed by atoms with Gasteiger partial charge in [0.2, 0.25) is 5.82 Å². The molecule has 0 saturated carbocycles. The molecule has 2 heterocycles. The zero-order valence-corrected chi connectivity index (χ0v) is 17.5. The number of para-hydroxylation sites is 1. The van der Waals surface area contributed by atoms with Gasteiger partial charge < -0.3 is 24.9 Å². The van der Waals surface area contributed by atoms with Crippen molar-refractivity contribution in [3.63, 3.8) is 0 Å². The van der Waals surface area contributed by atoms with Gasteiger partial charge in [-0.25, -0.2) is 14.8 Å². The van der Waals surface area contributed by atoms with Crippen molar-refractivity contribution in [2.75, 3.05) is 19.5 Å². The second-order valence-corrected chi connectivity index (χ2v) is 7.22. The number of hydrogen-bond donors (Lipinski definition) is 3. The summed E-state index contributed by atoms with van der Waals surface area (Å²) in [6, 6.07) is 8.75. The zero-order valence-electron chi connectivity index (χ0n) is 17.5. The van der Waals surface area contributed by atoms with Gasteiger partial charge in [0, 0.05) is 35.0 Å². The molecule has 11 heteroatoms. The Balaban J connectivity index is 1.80. The van der Waals surface area contributed by atoms with Gasteiger partial charge in [0.1, 0.15) is 11.9 Å². The first-order valence-electron chi connectivity index (χ1n) is 9.76. The Morgan fingerprint density at radius 2 is 1.82 bits per heavy atom. The van der Waals surface area contributed by atoms with Gasteiger partial charge in [-0.05, 0) is 17.7 Å². The number of rotatable bonds is 7.